The zero-order chi connectivity index (χ0) is 12.9. The van der Waals surface area contributed by atoms with E-state index < -0.39 is 16.0 Å². The molecule has 0 bridgehead atoms. The first-order valence-corrected chi connectivity index (χ1v) is 6.78. The van der Waals surface area contributed by atoms with Gasteiger partial charge in [0.2, 0.25) is 0 Å². The van der Waals surface area contributed by atoms with Crippen molar-refractivity contribution in [2.45, 2.75) is 5.51 Å². The number of halogens is 5. The van der Waals surface area contributed by atoms with E-state index in [1.54, 1.807) is 36.4 Å². The fraction of sp³-hybridized carbons (Fsp3) is 0.0769. The van der Waals surface area contributed by atoms with Gasteiger partial charge in [0.05, 0.1) is 0 Å². The Balaban J connectivity index is 0.00000133. The summed E-state index contributed by atoms with van der Waals surface area (Å²) in [5.74, 6) is 0. The van der Waals surface area contributed by atoms with Gasteiger partial charge in [0.1, 0.15) is 10.5 Å². The van der Waals surface area contributed by atoms with E-state index in [9.17, 15) is 13.2 Å². The summed E-state index contributed by atoms with van der Waals surface area (Å²) in [5, 5.41) is 0.944. The maximum atomic E-state index is 13.2. The lowest BCUT2D eigenvalue weighted by atomic mass is 10.1. The average Bonchev–Trinajstić information content (AvgIpc) is 2.51. The zero-order valence-electron chi connectivity index (χ0n) is 9.34. The quantitative estimate of drug-likeness (QED) is 0.680. The Hall–Kier alpha value is -0.780. The van der Waals surface area contributed by atoms with Crippen molar-refractivity contribution in [2.75, 3.05) is 0 Å². The van der Waals surface area contributed by atoms with Crippen LogP contribution in [0.5, 0.6) is 0 Å². The molecule has 0 N–H and O–H groups in total. The van der Waals surface area contributed by atoms with E-state index in [-0.39, 0.29) is 21.7 Å². The van der Waals surface area contributed by atoms with E-state index in [4.69, 9.17) is 11.6 Å². The molecule has 1 unspecified atom stereocenters. The van der Waals surface area contributed by atoms with Gasteiger partial charge in [0, 0.05) is 28.1 Å². The minimum Gasteiger partial charge on any atom is -1.00 e. The normalized spacial score (nSPS) is 14.9. The number of hydrogen-bond acceptors (Lipinski definition) is 0. The molecule has 100 valence electrons. The van der Waals surface area contributed by atoms with Crippen molar-refractivity contribution in [3.8, 4) is 0 Å². The minimum atomic E-state index is -4.27. The van der Waals surface area contributed by atoms with Gasteiger partial charge in [0.25, 0.3) is 0 Å². The topological polar surface area (TPSA) is 0 Å². The number of allylic oxidation sites excluding steroid dienone is 4. The predicted octanol–water partition coefficient (Wildman–Crippen LogP) is 2.68. The molecular weight excluding hydrogens is 361 g/mol. The maximum absolute atomic E-state index is 13.2. The van der Waals surface area contributed by atoms with Gasteiger partial charge in [-0.25, -0.2) is 0 Å². The second kappa shape index (κ2) is 4.96. The predicted molar refractivity (Wildman–Crippen MR) is 69.9 cm³/mol. The van der Waals surface area contributed by atoms with Gasteiger partial charge in [-0.15, -0.1) is 13.2 Å². The summed E-state index contributed by atoms with van der Waals surface area (Å²) in [5.41, 5.74) is -3.62. The smallest absolute Gasteiger partial charge is 0.601 e. The third-order valence-corrected chi connectivity index (χ3v) is 5.05. The van der Waals surface area contributed by atoms with Gasteiger partial charge in [-0.05, 0) is 24.3 Å². The van der Waals surface area contributed by atoms with Crippen molar-refractivity contribution in [3.63, 3.8) is 0 Å². The molecule has 2 aromatic rings. The highest BCUT2D eigenvalue weighted by molar-refractivity contribution is 7.39. The summed E-state index contributed by atoms with van der Waals surface area (Å²) < 4.78 is 39.9. The summed E-state index contributed by atoms with van der Waals surface area (Å²) in [6.45, 7) is 0. The van der Waals surface area contributed by atoms with Crippen molar-refractivity contribution in [1.82, 2.24) is 0 Å². The molecule has 1 atom stereocenters. The lowest BCUT2D eigenvalue weighted by Gasteiger charge is -2.04. The van der Waals surface area contributed by atoms with E-state index in [0.29, 0.717) is 20.9 Å². The van der Waals surface area contributed by atoms with Crippen molar-refractivity contribution in [2.24, 2.45) is 0 Å². The number of thiophene rings is 1. The van der Waals surface area contributed by atoms with Gasteiger partial charge in [-0.1, -0.05) is 17.7 Å². The molecule has 0 fully saturated rings. The van der Waals surface area contributed by atoms with Crippen LogP contribution in [0.15, 0.2) is 42.5 Å². The third kappa shape index (κ3) is 2.47. The molecule has 1 aromatic heterocycles. The standard InChI is InChI=1S/C13H7ClF3S.BrH/c14-10-5-4-9-6-11(8-2-1-3-8)18(12(9)7-10)13(15,16)17;/h1-7H;1H/q+1;/p-1. The van der Waals surface area contributed by atoms with E-state index in [1.165, 1.54) is 6.07 Å². The van der Waals surface area contributed by atoms with E-state index in [0.717, 1.165) is 0 Å². The summed E-state index contributed by atoms with van der Waals surface area (Å²) in [6.07, 6.45) is 5.14. The van der Waals surface area contributed by atoms with Crippen LogP contribution < -0.4 is 17.0 Å². The van der Waals surface area contributed by atoms with Crippen molar-refractivity contribution in [3.05, 3.63) is 52.4 Å². The molecular formula is C13H7BrClF3S. The summed E-state index contributed by atoms with van der Waals surface area (Å²) in [6, 6.07) is 6.28. The van der Waals surface area contributed by atoms with Crippen LogP contribution >= 0.6 is 22.1 Å². The molecule has 0 radical (unpaired) electrons. The van der Waals surface area contributed by atoms with Gasteiger partial charge in [-0.2, -0.15) is 0 Å². The first kappa shape index (κ1) is 14.6. The number of benzene rings is 1. The summed E-state index contributed by atoms with van der Waals surface area (Å²) in [4.78, 5) is 0.335. The second-order valence-electron chi connectivity index (χ2n) is 3.92. The largest absolute Gasteiger partial charge is 1.00 e. The molecule has 19 heavy (non-hydrogen) atoms. The van der Waals surface area contributed by atoms with E-state index in [1.807, 2.05) is 0 Å². The average molecular weight is 368 g/mol. The van der Waals surface area contributed by atoms with Crippen LogP contribution in [0.4, 0.5) is 13.2 Å². The highest BCUT2D eigenvalue weighted by atomic mass is 79.9. The van der Waals surface area contributed by atoms with Gasteiger partial charge in [-0.3, -0.25) is 0 Å². The van der Waals surface area contributed by atoms with Crippen LogP contribution in [0.25, 0.3) is 15.7 Å². The Labute approximate surface area is 125 Å². The number of hydrogen-bond donors (Lipinski definition) is 0. The Morgan fingerprint density at radius 1 is 1.11 bits per heavy atom. The molecule has 1 aliphatic rings. The van der Waals surface area contributed by atoms with Gasteiger partial charge < -0.3 is 17.0 Å². The first-order valence-electron chi connectivity index (χ1n) is 5.18. The van der Waals surface area contributed by atoms with Crippen LogP contribution in [-0.4, -0.2) is 0 Å². The summed E-state index contributed by atoms with van der Waals surface area (Å²) in [7, 11) is -1.89. The maximum Gasteiger partial charge on any atom is 0.601 e. The number of rotatable bonds is 1. The first-order chi connectivity index (χ1) is 8.47. The highest BCUT2D eigenvalue weighted by Gasteiger charge is 2.48. The third-order valence-electron chi connectivity index (χ3n) is 2.77. The van der Waals surface area contributed by atoms with Gasteiger partial charge in [0.15, 0.2) is 9.58 Å². The fourth-order valence-electron chi connectivity index (χ4n) is 1.93. The van der Waals surface area contributed by atoms with Crippen LogP contribution in [0, 0.1) is 0 Å². The summed E-state index contributed by atoms with van der Waals surface area (Å²) >= 11 is 5.80. The monoisotopic (exact) mass is 366 g/mol. The van der Waals surface area contributed by atoms with Crippen molar-refractivity contribution < 1.29 is 30.2 Å². The zero-order valence-corrected chi connectivity index (χ0v) is 12.5. The van der Waals surface area contributed by atoms with Crippen LogP contribution in [0.3, 0.4) is 0 Å². The van der Waals surface area contributed by atoms with Crippen molar-refractivity contribution in [1.29, 1.82) is 0 Å². The van der Waals surface area contributed by atoms with Crippen LogP contribution in [-0.2, 0) is 5.51 Å². The number of alkyl halides is 3. The molecule has 1 aromatic carbocycles. The SMILES string of the molecule is FC(F)(F)[s+]1c(C2=CC=C2)cc2ccc(Cl)cc21.[Br-]. The molecule has 1 aliphatic carbocycles. The van der Waals surface area contributed by atoms with E-state index >= 15 is 0 Å². The lowest BCUT2D eigenvalue weighted by molar-refractivity contribution is -0.0866. The molecule has 1 heterocycles. The molecule has 0 nitrogen and oxygen atoms in total. The Morgan fingerprint density at radius 2 is 1.79 bits per heavy atom. The Bertz CT molecular complexity index is 698. The molecule has 6 heteroatoms. The van der Waals surface area contributed by atoms with Gasteiger partial charge >= 0.3 is 5.51 Å². The molecule has 0 aliphatic heterocycles. The molecule has 0 saturated heterocycles. The molecule has 0 saturated carbocycles. The molecule has 3 rings (SSSR count). The Morgan fingerprint density at radius 3 is 2.32 bits per heavy atom. The second-order valence-corrected chi connectivity index (χ2v) is 6.32. The molecule has 0 amide bonds. The fourth-order valence-corrected chi connectivity index (χ4v) is 4.13. The van der Waals surface area contributed by atoms with E-state index in [2.05, 4.69) is 0 Å². The van der Waals surface area contributed by atoms with Crippen LogP contribution in [0.2, 0.25) is 5.02 Å². The van der Waals surface area contributed by atoms with Crippen molar-refractivity contribution >= 4 is 37.7 Å². The Kier molecular flexibility index (Phi) is 3.82. The minimum absolute atomic E-state index is 0. The molecule has 0 spiro atoms. The highest BCUT2D eigenvalue weighted by Crippen LogP contribution is 2.54. The lowest BCUT2D eigenvalue weighted by Crippen LogP contribution is -3.00. The number of fused-ring (bicyclic) bond motifs is 1. The van der Waals surface area contributed by atoms with Crippen LogP contribution in [0.1, 0.15) is 4.88 Å².